The first-order valence-electron chi connectivity index (χ1n) is 6.63. The Morgan fingerprint density at radius 1 is 1.13 bits per heavy atom. The van der Waals surface area contributed by atoms with Crippen molar-refractivity contribution < 1.29 is 9.59 Å². The van der Waals surface area contributed by atoms with E-state index in [0.717, 1.165) is 4.47 Å². The van der Waals surface area contributed by atoms with Gasteiger partial charge in [-0.2, -0.15) is 0 Å². The molecule has 0 atom stereocenters. The van der Waals surface area contributed by atoms with E-state index in [0.29, 0.717) is 21.3 Å². The molecule has 2 rings (SSSR count). The summed E-state index contributed by atoms with van der Waals surface area (Å²) in [5, 5.41) is 3.43. The molecule has 0 spiro atoms. The first-order chi connectivity index (χ1) is 10.9. The molecular weight excluding hydrogens is 403 g/mol. The first kappa shape index (κ1) is 17.8. The summed E-state index contributed by atoms with van der Waals surface area (Å²) in [5.41, 5.74) is 1.02. The lowest BCUT2D eigenvalue weighted by molar-refractivity contribution is -0.116. The minimum Gasteiger partial charge on any atom is -0.332 e. The molecule has 0 aliphatic heterocycles. The molecule has 0 radical (unpaired) electrons. The minimum absolute atomic E-state index is 0.0778. The third-order valence-electron chi connectivity index (χ3n) is 3.00. The van der Waals surface area contributed by atoms with Gasteiger partial charge in [-0.05, 0) is 36.4 Å². The third-order valence-corrected chi connectivity index (χ3v) is 4.23. The van der Waals surface area contributed by atoms with Crippen LogP contribution in [0.25, 0.3) is 0 Å². The number of amides is 2. The van der Waals surface area contributed by atoms with Crippen molar-refractivity contribution in [3.8, 4) is 0 Å². The van der Waals surface area contributed by atoms with E-state index in [1.807, 2.05) is 6.07 Å². The topological polar surface area (TPSA) is 49.4 Å². The molecule has 0 bridgehead atoms. The van der Waals surface area contributed by atoms with E-state index in [-0.39, 0.29) is 18.4 Å². The Hall–Kier alpha value is -1.56. The summed E-state index contributed by atoms with van der Waals surface area (Å²) in [5.74, 6) is -0.565. The lowest BCUT2D eigenvalue weighted by Crippen LogP contribution is -2.34. The number of halogens is 3. The Labute approximate surface area is 152 Å². The van der Waals surface area contributed by atoms with E-state index in [1.165, 1.54) is 4.90 Å². The van der Waals surface area contributed by atoms with Gasteiger partial charge in [0.05, 0.1) is 16.6 Å². The summed E-state index contributed by atoms with van der Waals surface area (Å²) >= 11 is 15.0. The second kappa shape index (κ2) is 7.81. The SMILES string of the molecule is CN(CC(=O)Nc1ccc(Cl)c(Cl)c1)C(=O)c1cccc(Br)c1. The van der Waals surface area contributed by atoms with Crippen LogP contribution in [0.1, 0.15) is 10.4 Å². The molecule has 120 valence electrons. The van der Waals surface area contributed by atoms with Gasteiger partial charge in [0.15, 0.2) is 0 Å². The molecular formula is C16H13BrCl2N2O2. The number of nitrogens with zero attached hydrogens (tertiary/aromatic N) is 1. The van der Waals surface area contributed by atoms with Crippen molar-refractivity contribution >= 4 is 56.6 Å². The Morgan fingerprint density at radius 3 is 2.52 bits per heavy atom. The van der Waals surface area contributed by atoms with Crippen LogP contribution in [0.2, 0.25) is 10.0 Å². The molecule has 0 aliphatic carbocycles. The van der Waals surface area contributed by atoms with Crippen molar-refractivity contribution in [1.29, 1.82) is 0 Å². The average molecular weight is 416 g/mol. The van der Waals surface area contributed by atoms with Gasteiger partial charge < -0.3 is 10.2 Å². The van der Waals surface area contributed by atoms with Crippen LogP contribution in [0.4, 0.5) is 5.69 Å². The summed E-state index contributed by atoms with van der Waals surface area (Å²) in [6.07, 6.45) is 0. The highest BCUT2D eigenvalue weighted by molar-refractivity contribution is 9.10. The smallest absolute Gasteiger partial charge is 0.254 e. The number of carbonyl (C=O) groups is 2. The first-order valence-corrected chi connectivity index (χ1v) is 8.17. The van der Waals surface area contributed by atoms with Crippen LogP contribution in [0.5, 0.6) is 0 Å². The van der Waals surface area contributed by atoms with E-state index in [2.05, 4.69) is 21.2 Å². The van der Waals surface area contributed by atoms with Crippen LogP contribution in [0, 0.1) is 0 Å². The molecule has 7 heteroatoms. The molecule has 0 fully saturated rings. The number of rotatable bonds is 4. The van der Waals surface area contributed by atoms with Crippen LogP contribution in [-0.2, 0) is 4.79 Å². The summed E-state index contributed by atoms with van der Waals surface area (Å²) in [7, 11) is 1.57. The molecule has 1 N–H and O–H groups in total. The van der Waals surface area contributed by atoms with Crippen molar-refractivity contribution in [2.24, 2.45) is 0 Å². The van der Waals surface area contributed by atoms with E-state index in [9.17, 15) is 9.59 Å². The maximum atomic E-state index is 12.3. The molecule has 0 heterocycles. The Bertz CT molecular complexity index is 753. The van der Waals surface area contributed by atoms with Crippen molar-refractivity contribution in [2.75, 3.05) is 18.9 Å². The standard InChI is InChI=1S/C16H13BrCl2N2O2/c1-21(16(23)10-3-2-4-11(17)7-10)9-15(22)20-12-5-6-13(18)14(19)8-12/h2-8H,9H2,1H3,(H,20,22). The monoisotopic (exact) mass is 414 g/mol. The van der Waals surface area contributed by atoms with E-state index in [1.54, 1.807) is 43.4 Å². The lowest BCUT2D eigenvalue weighted by Gasteiger charge is -2.17. The normalized spacial score (nSPS) is 10.3. The zero-order chi connectivity index (χ0) is 17.0. The lowest BCUT2D eigenvalue weighted by atomic mass is 10.2. The van der Waals surface area contributed by atoms with Gasteiger partial charge in [-0.15, -0.1) is 0 Å². The van der Waals surface area contributed by atoms with E-state index >= 15 is 0 Å². The highest BCUT2D eigenvalue weighted by atomic mass is 79.9. The molecule has 2 aromatic rings. The number of carbonyl (C=O) groups excluding carboxylic acids is 2. The highest BCUT2D eigenvalue weighted by Gasteiger charge is 2.15. The molecule has 2 aromatic carbocycles. The fraction of sp³-hybridized carbons (Fsp3) is 0.125. The Morgan fingerprint density at radius 2 is 1.87 bits per heavy atom. The number of hydrogen-bond donors (Lipinski definition) is 1. The van der Waals surface area contributed by atoms with Crippen LogP contribution < -0.4 is 5.32 Å². The second-order valence-electron chi connectivity index (χ2n) is 4.85. The third kappa shape index (κ3) is 4.96. The average Bonchev–Trinajstić information content (AvgIpc) is 2.50. The van der Waals surface area contributed by atoms with Crippen molar-refractivity contribution in [3.63, 3.8) is 0 Å². The summed E-state index contributed by atoms with van der Waals surface area (Å²) in [6, 6.07) is 11.8. The predicted octanol–water partition coefficient (Wildman–Crippen LogP) is 4.47. The fourth-order valence-electron chi connectivity index (χ4n) is 1.90. The summed E-state index contributed by atoms with van der Waals surface area (Å²) in [4.78, 5) is 25.6. The Balaban J connectivity index is 1.99. The number of likely N-dealkylation sites (N-methyl/N-ethyl adjacent to an activating group) is 1. The largest absolute Gasteiger partial charge is 0.332 e. The quantitative estimate of drug-likeness (QED) is 0.800. The predicted molar refractivity (Wildman–Crippen MR) is 96.2 cm³/mol. The molecule has 0 unspecified atom stereocenters. The van der Waals surface area contributed by atoms with Crippen LogP contribution in [0.15, 0.2) is 46.9 Å². The second-order valence-corrected chi connectivity index (χ2v) is 6.58. The minimum atomic E-state index is -0.325. The maximum Gasteiger partial charge on any atom is 0.254 e. The van der Waals surface area contributed by atoms with Gasteiger partial charge in [0.1, 0.15) is 0 Å². The van der Waals surface area contributed by atoms with Crippen molar-refractivity contribution in [2.45, 2.75) is 0 Å². The zero-order valence-electron chi connectivity index (χ0n) is 12.1. The van der Waals surface area contributed by atoms with E-state index < -0.39 is 0 Å². The molecule has 2 amide bonds. The van der Waals surface area contributed by atoms with Crippen LogP contribution in [-0.4, -0.2) is 30.3 Å². The number of hydrogen-bond acceptors (Lipinski definition) is 2. The fourth-order valence-corrected chi connectivity index (χ4v) is 2.60. The highest BCUT2D eigenvalue weighted by Crippen LogP contribution is 2.25. The van der Waals surface area contributed by atoms with E-state index in [4.69, 9.17) is 23.2 Å². The van der Waals surface area contributed by atoms with Gasteiger partial charge in [0, 0.05) is 22.8 Å². The number of anilines is 1. The van der Waals surface area contributed by atoms with Gasteiger partial charge in [0.2, 0.25) is 5.91 Å². The van der Waals surface area contributed by atoms with Crippen molar-refractivity contribution in [3.05, 3.63) is 62.5 Å². The molecule has 0 saturated heterocycles. The summed E-state index contributed by atoms with van der Waals surface area (Å²) in [6.45, 7) is -0.0778. The van der Waals surface area contributed by atoms with Gasteiger partial charge in [-0.1, -0.05) is 45.2 Å². The summed E-state index contributed by atoms with van der Waals surface area (Å²) < 4.78 is 0.803. The maximum absolute atomic E-state index is 12.3. The van der Waals surface area contributed by atoms with Gasteiger partial charge >= 0.3 is 0 Å². The molecule has 0 aromatic heterocycles. The van der Waals surface area contributed by atoms with Crippen LogP contribution >= 0.6 is 39.1 Å². The molecule has 0 saturated carbocycles. The van der Waals surface area contributed by atoms with Gasteiger partial charge in [0.25, 0.3) is 5.91 Å². The molecule has 4 nitrogen and oxygen atoms in total. The Kier molecular flexibility index (Phi) is 6.04. The van der Waals surface area contributed by atoms with Crippen molar-refractivity contribution in [1.82, 2.24) is 4.90 Å². The van der Waals surface area contributed by atoms with Gasteiger partial charge in [-0.25, -0.2) is 0 Å². The van der Waals surface area contributed by atoms with Crippen LogP contribution in [0.3, 0.4) is 0 Å². The number of nitrogens with one attached hydrogen (secondary N) is 1. The van der Waals surface area contributed by atoms with Gasteiger partial charge in [-0.3, -0.25) is 9.59 Å². The molecule has 0 aliphatic rings. The zero-order valence-corrected chi connectivity index (χ0v) is 15.2. The number of benzene rings is 2. The molecule has 23 heavy (non-hydrogen) atoms.